The SMILES string of the molecule is O=C1CCC(N2Cc3cc(CNS(=O)(=O)c4cc5ccccc5o4)ccc3C2=O)C(=O)N1. The molecule has 164 valence electrons. The highest BCUT2D eigenvalue weighted by Crippen LogP contribution is 2.28. The number of nitrogens with zero attached hydrogens (tertiary/aromatic N) is 1. The second-order valence-corrected chi connectivity index (χ2v) is 9.52. The van der Waals surface area contributed by atoms with Crippen LogP contribution >= 0.6 is 0 Å². The normalized spacial score (nSPS) is 18.8. The molecular weight excluding hydrogens is 434 g/mol. The number of imide groups is 1. The second-order valence-electron chi connectivity index (χ2n) is 7.82. The average molecular weight is 453 g/mol. The first-order valence-electron chi connectivity index (χ1n) is 10.1. The largest absolute Gasteiger partial charge is 0.443 e. The van der Waals surface area contributed by atoms with Crippen LogP contribution in [0.4, 0.5) is 0 Å². The summed E-state index contributed by atoms with van der Waals surface area (Å²) < 4.78 is 33.3. The third-order valence-corrected chi connectivity index (χ3v) is 6.98. The van der Waals surface area contributed by atoms with Gasteiger partial charge in [-0.3, -0.25) is 19.7 Å². The number of carbonyl (C=O) groups is 3. The standard InChI is InChI=1S/C22H19N3O6S/c26-19-8-7-17(21(27)24-19)25-12-15-9-13(5-6-16(15)22(25)28)11-23-32(29,30)20-10-14-3-1-2-4-18(14)31-20/h1-6,9-10,17,23H,7-8,11-12H2,(H,24,26,27). The minimum Gasteiger partial charge on any atom is -0.443 e. The summed E-state index contributed by atoms with van der Waals surface area (Å²) in [5.74, 6) is -1.08. The van der Waals surface area contributed by atoms with E-state index in [1.54, 1.807) is 42.5 Å². The Morgan fingerprint density at radius 3 is 2.69 bits per heavy atom. The molecule has 1 aromatic heterocycles. The zero-order valence-electron chi connectivity index (χ0n) is 16.8. The fraction of sp³-hybridized carbons (Fsp3) is 0.227. The van der Waals surface area contributed by atoms with E-state index < -0.39 is 22.0 Å². The molecule has 5 rings (SSSR count). The number of sulfonamides is 1. The maximum atomic E-state index is 12.8. The van der Waals surface area contributed by atoms with Crippen LogP contribution in [0.5, 0.6) is 0 Å². The lowest BCUT2D eigenvalue weighted by Gasteiger charge is -2.29. The van der Waals surface area contributed by atoms with Gasteiger partial charge in [-0.1, -0.05) is 30.3 Å². The lowest BCUT2D eigenvalue weighted by molar-refractivity contribution is -0.136. The van der Waals surface area contributed by atoms with Crippen LogP contribution in [0.1, 0.15) is 34.3 Å². The van der Waals surface area contributed by atoms with Crippen molar-refractivity contribution in [3.8, 4) is 0 Å². The van der Waals surface area contributed by atoms with Crippen molar-refractivity contribution in [1.82, 2.24) is 14.9 Å². The van der Waals surface area contributed by atoms with Crippen LogP contribution in [0, 0.1) is 0 Å². The number of hydrogen-bond acceptors (Lipinski definition) is 6. The van der Waals surface area contributed by atoms with Crippen molar-refractivity contribution >= 4 is 38.7 Å². The maximum absolute atomic E-state index is 12.8. The highest BCUT2D eigenvalue weighted by atomic mass is 32.2. The van der Waals surface area contributed by atoms with Gasteiger partial charge in [0.1, 0.15) is 11.6 Å². The third kappa shape index (κ3) is 3.57. The lowest BCUT2D eigenvalue weighted by Crippen LogP contribution is -2.52. The van der Waals surface area contributed by atoms with Crippen LogP contribution in [0.2, 0.25) is 0 Å². The molecule has 0 saturated carbocycles. The van der Waals surface area contributed by atoms with Crippen molar-refractivity contribution in [2.75, 3.05) is 0 Å². The third-order valence-electron chi connectivity index (χ3n) is 5.72. The van der Waals surface area contributed by atoms with Crippen molar-refractivity contribution in [3.63, 3.8) is 0 Å². The van der Waals surface area contributed by atoms with Crippen LogP contribution in [0.25, 0.3) is 11.0 Å². The molecule has 3 heterocycles. The van der Waals surface area contributed by atoms with Gasteiger partial charge < -0.3 is 9.32 Å². The van der Waals surface area contributed by atoms with Crippen molar-refractivity contribution in [3.05, 3.63) is 65.2 Å². The molecule has 2 aliphatic heterocycles. The van der Waals surface area contributed by atoms with Crippen LogP contribution in [0.15, 0.2) is 58.0 Å². The maximum Gasteiger partial charge on any atom is 0.274 e. The highest BCUT2D eigenvalue weighted by molar-refractivity contribution is 7.89. The van der Waals surface area contributed by atoms with Gasteiger partial charge >= 0.3 is 0 Å². The molecule has 3 amide bonds. The Labute approximate surface area is 183 Å². The number of fused-ring (bicyclic) bond motifs is 2. The van der Waals surface area contributed by atoms with E-state index in [2.05, 4.69) is 10.0 Å². The van der Waals surface area contributed by atoms with E-state index >= 15 is 0 Å². The molecule has 10 heteroatoms. The van der Waals surface area contributed by atoms with Crippen LogP contribution in [0.3, 0.4) is 0 Å². The molecule has 2 N–H and O–H groups in total. The number of amides is 3. The molecule has 1 fully saturated rings. The summed E-state index contributed by atoms with van der Waals surface area (Å²) >= 11 is 0. The lowest BCUT2D eigenvalue weighted by atomic mass is 10.0. The Morgan fingerprint density at radius 2 is 1.91 bits per heavy atom. The van der Waals surface area contributed by atoms with Gasteiger partial charge in [0.05, 0.1) is 0 Å². The van der Waals surface area contributed by atoms with E-state index in [1.807, 2.05) is 0 Å². The Balaban J connectivity index is 1.31. The smallest absolute Gasteiger partial charge is 0.274 e. The minimum atomic E-state index is -3.86. The summed E-state index contributed by atoms with van der Waals surface area (Å²) in [4.78, 5) is 37.8. The van der Waals surface area contributed by atoms with Gasteiger partial charge in [0.25, 0.3) is 15.9 Å². The number of benzene rings is 2. The minimum absolute atomic E-state index is 0.0132. The predicted octanol–water partition coefficient (Wildman–Crippen LogP) is 1.67. The Morgan fingerprint density at radius 1 is 1.09 bits per heavy atom. The summed E-state index contributed by atoms with van der Waals surface area (Å²) in [7, 11) is -3.86. The number of para-hydroxylation sites is 1. The summed E-state index contributed by atoms with van der Waals surface area (Å²) in [5.41, 5.74) is 2.33. The molecule has 0 spiro atoms. The van der Waals surface area contributed by atoms with E-state index in [-0.39, 0.29) is 42.8 Å². The van der Waals surface area contributed by atoms with Gasteiger partial charge in [-0.05, 0) is 29.7 Å². The van der Waals surface area contributed by atoms with Crippen molar-refractivity contribution in [1.29, 1.82) is 0 Å². The predicted molar refractivity (Wildman–Crippen MR) is 113 cm³/mol. The molecule has 2 aromatic carbocycles. The molecule has 2 aliphatic rings. The molecule has 0 radical (unpaired) electrons. The zero-order valence-corrected chi connectivity index (χ0v) is 17.6. The second kappa shape index (κ2) is 7.57. The quantitative estimate of drug-likeness (QED) is 0.566. The summed E-state index contributed by atoms with van der Waals surface area (Å²) in [6, 6.07) is 12.9. The van der Waals surface area contributed by atoms with E-state index in [0.29, 0.717) is 27.7 Å². The molecule has 1 saturated heterocycles. The topological polar surface area (TPSA) is 126 Å². The fourth-order valence-corrected chi connectivity index (χ4v) is 5.06. The molecule has 1 unspecified atom stereocenters. The van der Waals surface area contributed by atoms with Gasteiger partial charge in [0.15, 0.2) is 0 Å². The van der Waals surface area contributed by atoms with Crippen LogP contribution in [-0.2, 0) is 32.7 Å². The van der Waals surface area contributed by atoms with Crippen LogP contribution in [-0.4, -0.2) is 37.1 Å². The summed E-state index contributed by atoms with van der Waals surface area (Å²) in [6.07, 6.45) is 0.472. The van der Waals surface area contributed by atoms with Crippen molar-refractivity contribution in [2.24, 2.45) is 0 Å². The first-order valence-corrected chi connectivity index (χ1v) is 11.5. The van der Waals surface area contributed by atoms with E-state index in [4.69, 9.17) is 4.42 Å². The van der Waals surface area contributed by atoms with E-state index in [1.165, 1.54) is 11.0 Å². The molecular formula is C22H19N3O6S. The molecule has 0 bridgehead atoms. The van der Waals surface area contributed by atoms with Gasteiger partial charge in [0, 0.05) is 36.5 Å². The monoisotopic (exact) mass is 453 g/mol. The van der Waals surface area contributed by atoms with Gasteiger partial charge in [-0.25, -0.2) is 13.1 Å². The number of piperidine rings is 1. The Bertz CT molecular complexity index is 1340. The van der Waals surface area contributed by atoms with Gasteiger partial charge in [0.2, 0.25) is 16.9 Å². The number of furan rings is 1. The van der Waals surface area contributed by atoms with Crippen LogP contribution < -0.4 is 10.0 Å². The molecule has 32 heavy (non-hydrogen) atoms. The molecule has 9 nitrogen and oxygen atoms in total. The first-order chi connectivity index (χ1) is 15.3. The molecule has 3 aromatic rings. The zero-order chi connectivity index (χ0) is 22.5. The first kappa shape index (κ1) is 20.4. The van der Waals surface area contributed by atoms with Crippen molar-refractivity contribution in [2.45, 2.75) is 37.1 Å². The highest BCUT2D eigenvalue weighted by Gasteiger charge is 2.39. The van der Waals surface area contributed by atoms with E-state index in [0.717, 1.165) is 0 Å². The Kier molecular flexibility index (Phi) is 4.83. The summed E-state index contributed by atoms with van der Waals surface area (Å²) in [5, 5.41) is 2.79. The average Bonchev–Trinajstić information content (AvgIpc) is 3.34. The summed E-state index contributed by atoms with van der Waals surface area (Å²) in [6.45, 7) is 0.240. The number of carbonyl (C=O) groups excluding carboxylic acids is 3. The van der Waals surface area contributed by atoms with Gasteiger partial charge in [-0.15, -0.1) is 0 Å². The Hall–Kier alpha value is -3.50. The molecule has 1 atom stereocenters. The van der Waals surface area contributed by atoms with E-state index in [9.17, 15) is 22.8 Å². The molecule has 0 aliphatic carbocycles. The fourth-order valence-electron chi connectivity index (χ4n) is 4.08. The number of rotatable bonds is 5. The number of hydrogen-bond donors (Lipinski definition) is 2. The van der Waals surface area contributed by atoms with Gasteiger partial charge in [-0.2, -0.15) is 0 Å². The number of nitrogens with one attached hydrogen (secondary N) is 2. The van der Waals surface area contributed by atoms with Crippen molar-refractivity contribution < 1.29 is 27.2 Å².